The molecule has 0 aromatic heterocycles. The number of hydrogen-bond acceptors (Lipinski definition) is 3. The summed E-state index contributed by atoms with van der Waals surface area (Å²) in [5.74, 6) is 1.83. The van der Waals surface area contributed by atoms with Gasteiger partial charge >= 0.3 is 0 Å². The van der Waals surface area contributed by atoms with Crippen LogP contribution in [0.25, 0.3) is 0 Å². The standard InChI is InChI=1S/C14H18N2OS/c17-14(7-10-8-15-9-10)16-12-5-6-18-13-4-2-1-3-11(12)13/h1-4,10,12,15H,5-9H2,(H,16,17). The minimum Gasteiger partial charge on any atom is -0.349 e. The van der Waals surface area contributed by atoms with Crippen molar-refractivity contribution in [1.82, 2.24) is 10.6 Å². The Labute approximate surface area is 112 Å². The maximum absolute atomic E-state index is 12.0. The van der Waals surface area contributed by atoms with Gasteiger partial charge in [-0.15, -0.1) is 11.8 Å². The molecule has 4 heteroatoms. The highest BCUT2D eigenvalue weighted by atomic mass is 32.2. The number of benzene rings is 1. The highest BCUT2D eigenvalue weighted by molar-refractivity contribution is 7.99. The summed E-state index contributed by atoms with van der Waals surface area (Å²) in [6, 6.07) is 8.62. The minimum atomic E-state index is 0.202. The second-order valence-electron chi connectivity index (χ2n) is 5.02. The zero-order valence-corrected chi connectivity index (χ0v) is 11.1. The van der Waals surface area contributed by atoms with Gasteiger partial charge in [0.15, 0.2) is 0 Å². The third kappa shape index (κ3) is 2.54. The first-order valence-electron chi connectivity index (χ1n) is 6.55. The topological polar surface area (TPSA) is 41.1 Å². The average molecular weight is 262 g/mol. The third-order valence-electron chi connectivity index (χ3n) is 3.63. The van der Waals surface area contributed by atoms with E-state index < -0.39 is 0 Å². The Hall–Kier alpha value is -1.00. The summed E-state index contributed by atoms with van der Waals surface area (Å²) in [7, 11) is 0. The molecule has 1 atom stereocenters. The van der Waals surface area contributed by atoms with Crippen molar-refractivity contribution in [3.05, 3.63) is 29.8 Å². The minimum absolute atomic E-state index is 0.202. The van der Waals surface area contributed by atoms with Gasteiger partial charge in [-0.25, -0.2) is 0 Å². The molecule has 2 N–H and O–H groups in total. The molecule has 1 amide bonds. The monoisotopic (exact) mass is 262 g/mol. The Kier molecular flexibility index (Phi) is 3.57. The van der Waals surface area contributed by atoms with Crippen LogP contribution in [0.5, 0.6) is 0 Å². The Morgan fingerprint density at radius 3 is 3.00 bits per heavy atom. The van der Waals surface area contributed by atoms with Crippen LogP contribution >= 0.6 is 11.8 Å². The smallest absolute Gasteiger partial charge is 0.220 e. The van der Waals surface area contributed by atoms with E-state index in [1.54, 1.807) is 0 Å². The highest BCUT2D eigenvalue weighted by Gasteiger charge is 2.24. The summed E-state index contributed by atoms with van der Waals surface area (Å²) in [5, 5.41) is 6.40. The van der Waals surface area contributed by atoms with E-state index in [-0.39, 0.29) is 11.9 Å². The molecular weight excluding hydrogens is 244 g/mol. The maximum atomic E-state index is 12.0. The molecule has 2 heterocycles. The van der Waals surface area contributed by atoms with E-state index in [2.05, 4.69) is 34.9 Å². The van der Waals surface area contributed by atoms with Crippen molar-refractivity contribution in [2.75, 3.05) is 18.8 Å². The second kappa shape index (κ2) is 5.33. The van der Waals surface area contributed by atoms with Gasteiger partial charge < -0.3 is 10.6 Å². The normalized spacial score (nSPS) is 23.0. The van der Waals surface area contributed by atoms with E-state index in [1.807, 2.05) is 11.8 Å². The lowest BCUT2D eigenvalue weighted by Gasteiger charge is -2.29. The van der Waals surface area contributed by atoms with Crippen LogP contribution in [0.3, 0.4) is 0 Å². The highest BCUT2D eigenvalue weighted by Crippen LogP contribution is 2.35. The molecule has 96 valence electrons. The molecule has 1 unspecified atom stereocenters. The molecular formula is C14H18N2OS. The molecule has 3 rings (SSSR count). The molecule has 0 aliphatic carbocycles. The summed E-state index contributed by atoms with van der Waals surface area (Å²) >= 11 is 1.89. The van der Waals surface area contributed by atoms with Gasteiger partial charge in [-0.2, -0.15) is 0 Å². The van der Waals surface area contributed by atoms with Gasteiger partial charge in [-0.1, -0.05) is 18.2 Å². The van der Waals surface area contributed by atoms with Crippen molar-refractivity contribution in [2.24, 2.45) is 5.92 Å². The largest absolute Gasteiger partial charge is 0.349 e. The lowest BCUT2D eigenvalue weighted by Crippen LogP contribution is -2.45. The molecule has 2 aliphatic heterocycles. The zero-order valence-electron chi connectivity index (χ0n) is 10.3. The summed E-state index contributed by atoms with van der Waals surface area (Å²) < 4.78 is 0. The fourth-order valence-corrected chi connectivity index (χ4v) is 3.63. The SMILES string of the molecule is O=C(CC1CNC1)NC1CCSc2ccccc21. The first-order chi connectivity index (χ1) is 8.83. The first kappa shape index (κ1) is 12.1. The quantitative estimate of drug-likeness (QED) is 0.875. The number of amides is 1. The van der Waals surface area contributed by atoms with Crippen molar-refractivity contribution in [1.29, 1.82) is 0 Å². The summed E-state index contributed by atoms with van der Waals surface area (Å²) in [5.41, 5.74) is 1.29. The van der Waals surface area contributed by atoms with Crippen LogP contribution in [-0.2, 0) is 4.79 Å². The molecule has 3 nitrogen and oxygen atoms in total. The Bertz CT molecular complexity index is 445. The number of hydrogen-bond donors (Lipinski definition) is 2. The van der Waals surface area contributed by atoms with Crippen molar-refractivity contribution < 1.29 is 4.79 Å². The number of carbonyl (C=O) groups excluding carboxylic acids is 1. The molecule has 0 saturated carbocycles. The predicted molar refractivity (Wildman–Crippen MR) is 73.6 cm³/mol. The van der Waals surface area contributed by atoms with Crippen molar-refractivity contribution in [3.63, 3.8) is 0 Å². The van der Waals surface area contributed by atoms with Gasteiger partial charge in [0.25, 0.3) is 0 Å². The van der Waals surface area contributed by atoms with Crippen LogP contribution in [0, 0.1) is 5.92 Å². The molecule has 1 saturated heterocycles. The van der Waals surface area contributed by atoms with Crippen LogP contribution in [0.1, 0.15) is 24.4 Å². The van der Waals surface area contributed by atoms with E-state index in [4.69, 9.17) is 0 Å². The molecule has 1 aromatic rings. The molecule has 0 radical (unpaired) electrons. The number of rotatable bonds is 3. The van der Waals surface area contributed by atoms with Gasteiger partial charge in [-0.3, -0.25) is 4.79 Å². The van der Waals surface area contributed by atoms with E-state index in [0.29, 0.717) is 12.3 Å². The van der Waals surface area contributed by atoms with Gasteiger partial charge in [0.05, 0.1) is 6.04 Å². The fraction of sp³-hybridized carbons (Fsp3) is 0.500. The lowest BCUT2D eigenvalue weighted by atomic mass is 9.98. The lowest BCUT2D eigenvalue weighted by molar-refractivity contribution is -0.123. The van der Waals surface area contributed by atoms with Crippen LogP contribution < -0.4 is 10.6 Å². The maximum Gasteiger partial charge on any atom is 0.220 e. The number of carbonyl (C=O) groups is 1. The van der Waals surface area contributed by atoms with Gasteiger partial charge in [-0.05, 0) is 37.1 Å². The first-order valence-corrected chi connectivity index (χ1v) is 7.53. The molecule has 1 fully saturated rings. The van der Waals surface area contributed by atoms with E-state index in [9.17, 15) is 4.79 Å². The Morgan fingerprint density at radius 1 is 1.39 bits per heavy atom. The molecule has 0 spiro atoms. The molecule has 18 heavy (non-hydrogen) atoms. The number of thioether (sulfide) groups is 1. The fourth-order valence-electron chi connectivity index (χ4n) is 2.50. The number of nitrogens with one attached hydrogen (secondary N) is 2. The van der Waals surface area contributed by atoms with E-state index >= 15 is 0 Å². The van der Waals surface area contributed by atoms with Crippen LogP contribution in [0.4, 0.5) is 0 Å². The third-order valence-corrected chi connectivity index (χ3v) is 4.76. The summed E-state index contributed by atoms with van der Waals surface area (Å²) in [4.78, 5) is 13.3. The number of fused-ring (bicyclic) bond motifs is 1. The van der Waals surface area contributed by atoms with Crippen molar-refractivity contribution in [3.8, 4) is 0 Å². The second-order valence-corrected chi connectivity index (χ2v) is 6.16. The summed E-state index contributed by atoms with van der Waals surface area (Å²) in [6.07, 6.45) is 1.70. The van der Waals surface area contributed by atoms with E-state index in [0.717, 1.165) is 25.3 Å². The van der Waals surface area contributed by atoms with Gasteiger partial charge in [0, 0.05) is 17.1 Å². The zero-order chi connectivity index (χ0) is 12.4. The molecule has 1 aromatic carbocycles. The van der Waals surface area contributed by atoms with Gasteiger partial charge in [0.2, 0.25) is 5.91 Å². The molecule has 2 aliphatic rings. The Balaban J connectivity index is 1.64. The predicted octanol–water partition coefficient (Wildman–Crippen LogP) is 1.95. The van der Waals surface area contributed by atoms with Crippen molar-refractivity contribution >= 4 is 17.7 Å². The van der Waals surface area contributed by atoms with Crippen LogP contribution in [0.2, 0.25) is 0 Å². The van der Waals surface area contributed by atoms with E-state index in [1.165, 1.54) is 10.5 Å². The van der Waals surface area contributed by atoms with Gasteiger partial charge in [0.1, 0.15) is 0 Å². The Morgan fingerprint density at radius 2 is 2.22 bits per heavy atom. The molecule has 0 bridgehead atoms. The summed E-state index contributed by atoms with van der Waals surface area (Å²) in [6.45, 7) is 1.98. The van der Waals surface area contributed by atoms with Crippen molar-refractivity contribution in [2.45, 2.75) is 23.8 Å². The average Bonchev–Trinajstić information content (AvgIpc) is 2.34. The van der Waals surface area contributed by atoms with Crippen LogP contribution in [0.15, 0.2) is 29.2 Å². The van der Waals surface area contributed by atoms with Crippen LogP contribution in [-0.4, -0.2) is 24.7 Å².